The summed E-state index contributed by atoms with van der Waals surface area (Å²) in [4.78, 5) is 30.6. The maximum atomic E-state index is 12.9. The molecular formula is C30H36F3N3O4. The van der Waals surface area contributed by atoms with E-state index in [1.54, 1.807) is 11.0 Å². The minimum atomic E-state index is -4.44. The van der Waals surface area contributed by atoms with E-state index in [1.165, 1.54) is 11.6 Å². The number of pyridine rings is 1. The van der Waals surface area contributed by atoms with E-state index < -0.39 is 17.3 Å². The van der Waals surface area contributed by atoms with Crippen LogP contribution in [-0.2, 0) is 15.7 Å². The quantitative estimate of drug-likeness (QED) is 0.427. The normalized spacial score (nSPS) is 18.7. The smallest absolute Gasteiger partial charge is 0.417 e. The van der Waals surface area contributed by atoms with Gasteiger partial charge in [0.05, 0.1) is 5.56 Å². The lowest BCUT2D eigenvalue weighted by Gasteiger charge is -2.34. The summed E-state index contributed by atoms with van der Waals surface area (Å²) in [5.41, 5.74) is 0.830. The van der Waals surface area contributed by atoms with Crippen LogP contribution in [-0.4, -0.2) is 46.6 Å². The van der Waals surface area contributed by atoms with Crippen LogP contribution in [0.5, 0.6) is 11.6 Å². The number of piperidine rings is 1. The Kier molecular flexibility index (Phi) is 9.05. The lowest BCUT2D eigenvalue weighted by atomic mass is 9.88. The molecule has 1 aliphatic carbocycles. The molecule has 40 heavy (non-hydrogen) atoms. The van der Waals surface area contributed by atoms with Gasteiger partial charge < -0.3 is 19.7 Å². The van der Waals surface area contributed by atoms with Gasteiger partial charge in [0.1, 0.15) is 11.4 Å². The number of halogens is 3. The predicted molar refractivity (Wildman–Crippen MR) is 145 cm³/mol. The highest BCUT2D eigenvalue weighted by atomic mass is 19.4. The number of carbonyl (C=O) groups is 2. The second-order valence-corrected chi connectivity index (χ2v) is 11.4. The number of aromatic nitrogens is 1. The van der Waals surface area contributed by atoms with E-state index in [4.69, 9.17) is 9.47 Å². The molecule has 1 aromatic heterocycles. The van der Waals surface area contributed by atoms with E-state index in [9.17, 15) is 22.8 Å². The molecule has 216 valence electrons. The summed E-state index contributed by atoms with van der Waals surface area (Å²) >= 11 is 0. The van der Waals surface area contributed by atoms with Crippen molar-refractivity contribution in [2.45, 2.75) is 77.1 Å². The maximum absolute atomic E-state index is 12.9. The molecule has 2 aliphatic rings. The van der Waals surface area contributed by atoms with Crippen LogP contribution in [0.25, 0.3) is 6.08 Å². The number of nitrogens with one attached hydrogen (secondary N) is 1. The van der Waals surface area contributed by atoms with Gasteiger partial charge in [-0.25, -0.2) is 9.78 Å². The van der Waals surface area contributed by atoms with Crippen molar-refractivity contribution in [3.63, 3.8) is 0 Å². The van der Waals surface area contributed by atoms with Crippen molar-refractivity contribution in [3.05, 3.63) is 59.3 Å². The molecule has 7 nitrogen and oxygen atoms in total. The van der Waals surface area contributed by atoms with Crippen molar-refractivity contribution in [2.75, 3.05) is 13.1 Å². The fourth-order valence-corrected chi connectivity index (χ4v) is 4.88. The molecule has 2 fully saturated rings. The van der Waals surface area contributed by atoms with E-state index in [-0.39, 0.29) is 29.8 Å². The van der Waals surface area contributed by atoms with Gasteiger partial charge in [0.2, 0.25) is 11.8 Å². The Morgan fingerprint density at radius 3 is 2.33 bits per heavy atom. The van der Waals surface area contributed by atoms with Crippen molar-refractivity contribution in [2.24, 2.45) is 5.92 Å². The Morgan fingerprint density at radius 2 is 1.73 bits per heavy atom. The zero-order valence-electron chi connectivity index (χ0n) is 23.1. The number of benzene rings is 1. The third-order valence-electron chi connectivity index (χ3n) is 7.01. The second-order valence-electron chi connectivity index (χ2n) is 11.4. The van der Waals surface area contributed by atoms with Crippen molar-refractivity contribution in [1.29, 1.82) is 0 Å². The van der Waals surface area contributed by atoms with Gasteiger partial charge in [-0.1, -0.05) is 23.8 Å². The number of hydrogen-bond acceptors (Lipinski definition) is 5. The van der Waals surface area contributed by atoms with E-state index >= 15 is 0 Å². The summed E-state index contributed by atoms with van der Waals surface area (Å²) in [6.45, 7) is 6.55. The lowest BCUT2D eigenvalue weighted by Crippen LogP contribution is -2.46. The number of ether oxygens (including phenoxy) is 2. The Balaban J connectivity index is 1.23. The van der Waals surface area contributed by atoms with E-state index in [2.05, 4.69) is 16.4 Å². The van der Waals surface area contributed by atoms with E-state index in [1.807, 2.05) is 39.0 Å². The van der Waals surface area contributed by atoms with Crippen molar-refractivity contribution in [1.82, 2.24) is 15.2 Å². The largest absolute Gasteiger partial charge is 0.444 e. The monoisotopic (exact) mass is 559 g/mol. The fourth-order valence-electron chi connectivity index (χ4n) is 4.88. The molecule has 0 spiro atoms. The minimum absolute atomic E-state index is 0.0583. The SMILES string of the molecule is CC(C)(C)OC(=O)N1CCC(C(=O)NC2CCC(=Cc3cccc(Oc4ccc(C(F)(F)F)cn4)c3)CC2)CC1. The molecule has 1 aliphatic heterocycles. The maximum Gasteiger partial charge on any atom is 0.417 e. The number of hydrogen-bond donors (Lipinski definition) is 1. The van der Waals surface area contributed by atoms with Gasteiger partial charge >= 0.3 is 12.3 Å². The number of nitrogens with zero attached hydrogens (tertiary/aromatic N) is 2. The Labute approximate surface area is 232 Å². The molecule has 0 atom stereocenters. The van der Waals surface area contributed by atoms with Crippen LogP contribution in [0.2, 0.25) is 0 Å². The van der Waals surface area contributed by atoms with Crippen LogP contribution in [0.3, 0.4) is 0 Å². The molecule has 4 rings (SSSR count). The number of amides is 2. The molecule has 2 amide bonds. The first kappa shape index (κ1) is 29.4. The molecule has 10 heteroatoms. The van der Waals surface area contributed by atoms with E-state index in [0.29, 0.717) is 31.7 Å². The van der Waals surface area contributed by atoms with Gasteiger partial charge in [-0.15, -0.1) is 0 Å². The Morgan fingerprint density at radius 1 is 1.02 bits per heavy atom. The second kappa shape index (κ2) is 12.3. The van der Waals surface area contributed by atoms with Crippen LogP contribution in [0.4, 0.5) is 18.0 Å². The predicted octanol–water partition coefficient (Wildman–Crippen LogP) is 6.98. The number of rotatable bonds is 5. The average molecular weight is 560 g/mol. The molecule has 2 aromatic rings. The number of allylic oxidation sites excluding steroid dienone is 1. The number of likely N-dealkylation sites (tertiary alicyclic amines) is 1. The van der Waals surface area contributed by atoms with Gasteiger partial charge in [0.15, 0.2) is 0 Å². The van der Waals surface area contributed by atoms with Crippen LogP contribution in [0.15, 0.2) is 48.2 Å². The number of carbonyl (C=O) groups excluding carboxylic acids is 2. The first-order valence-electron chi connectivity index (χ1n) is 13.6. The van der Waals surface area contributed by atoms with Gasteiger partial charge in [-0.05, 0) is 83.1 Å². The molecule has 2 heterocycles. The summed E-state index contributed by atoms with van der Waals surface area (Å²) in [5, 5.41) is 3.21. The van der Waals surface area contributed by atoms with Gasteiger partial charge in [0, 0.05) is 37.3 Å². The fraction of sp³-hybridized carbons (Fsp3) is 0.500. The van der Waals surface area contributed by atoms with Gasteiger partial charge in [-0.2, -0.15) is 13.2 Å². The zero-order chi connectivity index (χ0) is 28.9. The van der Waals surface area contributed by atoms with Gasteiger partial charge in [-0.3, -0.25) is 4.79 Å². The van der Waals surface area contributed by atoms with Crippen LogP contribution in [0.1, 0.15) is 70.4 Å². The Hall–Kier alpha value is -3.56. The minimum Gasteiger partial charge on any atom is -0.444 e. The third kappa shape index (κ3) is 8.47. The summed E-state index contributed by atoms with van der Waals surface area (Å²) in [5.74, 6) is 0.533. The summed E-state index contributed by atoms with van der Waals surface area (Å²) in [7, 11) is 0. The van der Waals surface area contributed by atoms with Crippen molar-refractivity contribution >= 4 is 18.1 Å². The highest BCUT2D eigenvalue weighted by Gasteiger charge is 2.32. The average Bonchev–Trinajstić information content (AvgIpc) is 2.89. The summed E-state index contributed by atoms with van der Waals surface area (Å²) < 4.78 is 49.3. The molecule has 1 aromatic carbocycles. The van der Waals surface area contributed by atoms with E-state index in [0.717, 1.165) is 43.5 Å². The Bertz CT molecular complexity index is 1200. The summed E-state index contributed by atoms with van der Waals surface area (Å²) in [6, 6.07) is 9.58. The van der Waals surface area contributed by atoms with Crippen LogP contribution < -0.4 is 10.1 Å². The standard InChI is InChI=1S/C30H36F3N3O4/c1-29(2,3)40-28(38)36-15-13-22(14-16-36)27(37)35-24-10-7-20(8-11-24)17-21-5-4-6-25(18-21)39-26-12-9-23(19-34-26)30(31,32)33/h4-6,9,12,17-19,22,24H,7-8,10-11,13-16H2,1-3H3,(H,35,37). The van der Waals surface area contributed by atoms with Gasteiger partial charge in [0.25, 0.3) is 0 Å². The van der Waals surface area contributed by atoms with Crippen LogP contribution in [0, 0.1) is 5.92 Å². The third-order valence-corrected chi connectivity index (χ3v) is 7.01. The first-order chi connectivity index (χ1) is 18.9. The first-order valence-corrected chi connectivity index (χ1v) is 13.6. The number of alkyl halides is 3. The van der Waals surface area contributed by atoms with Crippen LogP contribution >= 0.6 is 0 Å². The molecule has 1 saturated carbocycles. The topological polar surface area (TPSA) is 80.8 Å². The van der Waals surface area contributed by atoms with Crippen molar-refractivity contribution in [3.8, 4) is 11.6 Å². The van der Waals surface area contributed by atoms with Crippen molar-refractivity contribution < 1.29 is 32.2 Å². The summed E-state index contributed by atoms with van der Waals surface area (Å²) in [6.07, 6.45) is 2.74. The zero-order valence-corrected chi connectivity index (χ0v) is 23.1. The molecular weight excluding hydrogens is 523 g/mol. The molecule has 0 radical (unpaired) electrons. The lowest BCUT2D eigenvalue weighted by molar-refractivity contribution is -0.137. The highest BCUT2D eigenvalue weighted by molar-refractivity contribution is 5.79. The molecule has 1 saturated heterocycles. The highest BCUT2D eigenvalue weighted by Crippen LogP contribution is 2.31. The molecule has 0 unspecified atom stereocenters. The molecule has 1 N–H and O–H groups in total. The molecule has 0 bridgehead atoms.